The number of carbonyl (C=O) groups is 1. The lowest BCUT2D eigenvalue weighted by Crippen LogP contribution is -2.01. The highest BCUT2D eigenvalue weighted by molar-refractivity contribution is 5.74. The molecule has 0 aromatic rings. The van der Waals surface area contributed by atoms with Gasteiger partial charge in [0.1, 0.15) is 6.29 Å². The Balaban J connectivity index is 0.000000461. The average molecular weight is 152 g/mol. The maximum Gasteiger partial charge on any atom is 0.146 e. The maximum atomic E-state index is 10.3. The van der Waals surface area contributed by atoms with Crippen molar-refractivity contribution in [2.45, 2.75) is 27.2 Å². The third kappa shape index (κ3) is 3.17. The van der Waals surface area contributed by atoms with E-state index in [-0.39, 0.29) is 0 Å². The van der Waals surface area contributed by atoms with E-state index in [4.69, 9.17) is 0 Å². The summed E-state index contributed by atoms with van der Waals surface area (Å²) < 4.78 is 0. The maximum absolute atomic E-state index is 10.3. The summed E-state index contributed by atoms with van der Waals surface area (Å²) in [7, 11) is 0. The van der Waals surface area contributed by atoms with Crippen LogP contribution in [0.2, 0.25) is 0 Å². The first kappa shape index (κ1) is 10.2. The van der Waals surface area contributed by atoms with Gasteiger partial charge in [-0.05, 0) is 17.9 Å². The van der Waals surface area contributed by atoms with Gasteiger partial charge in [0.15, 0.2) is 0 Å². The van der Waals surface area contributed by atoms with Gasteiger partial charge in [0.2, 0.25) is 0 Å². The summed E-state index contributed by atoms with van der Waals surface area (Å²) in [6.45, 7) is 6.06. The lowest BCUT2D eigenvalue weighted by Gasteiger charge is -2.09. The number of rotatable bonds is 1. The second kappa shape index (κ2) is 5.90. The van der Waals surface area contributed by atoms with Crippen LogP contribution < -0.4 is 0 Å². The largest absolute Gasteiger partial charge is 0.298 e. The lowest BCUT2D eigenvalue weighted by molar-refractivity contribution is -0.105. The fourth-order valence-electron chi connectivity index (χ4n) is 0.918. The van der Waals surface area contributed by atoms with Crippen molar-refractivity contribution in [3.05, 3.63) is 23.8 Å². The van der Waals surface area contributed by atoms with Crippen molar-refractivity contribution in [1.82, 2.24) is 0 Å². The summed E-state index contributed by atoms with van der Waals surface area (Å²) in [6, 6.07) is 0. The van der Waals surface area contributed by atoms with Gasteiger partial charge in [-0.3, -0.25) is 4.79 Å². The number of allylic oxidation sites excluding steroid dienone is 4. The summed E-state index contributed by atoms with van der Waals surface area (Å²) in [6.07, 6.45) is 7.83. The van der Waals surface area contributed by atoms with E-state index in [0.29, 0.717) is 5.92 Å². The molecule has 1 heteroatoms. The van der Waals surface area contributed by atoms with Crippen LogP contribution >= 0.6 is 0 Å². The molecule has 0 saturated heterocycles. The van der Waals surface area contributed by atoms with E-state index in [1.165, 1.54) is 0 Å². The van der Waals surface area contributed by atoms with Crippen LogP contribution in [-0.4, -0.2) is 6.29 Å². The van der Waals surface area contributed by atoms with E-state index in [1.807, 2.05) is 26.0 Å². The Morgan fingerprint density at radius 1 is 1.55 bits per heavy atom. The molecule has 0 aliphatic heterocycles. The first-order valence-corrected chi connectivity index (χ1v) is 4.16. The van der Waals surface area contributed by atoms with Gasteiger partial charge in [0.05, 0.1) is 0 Å². The molecular weight excluding hydrogens is 136 g/mol. The second-order valence-electron chi connectivity index (χ2n) is 2.35. The van der Waals surface area contributed by atoms with Gasteiger partial charge in [0, 0.05) is 0 Å². The topological polar surface area (TPSA) is 17.1 Å². The molecular formula is C10H16O. The Morgan fingerprint density at radius 2 is 2.18 bits per heavy atom. The number of hydrogen-bond donors (Lipinski definition) is 0. The van der Waals surface area contributed by atoms with Crippen molar-refractivity contribution in [3.63, 3.8) is 0 Å². The van der Waals surface area contributed by atoms with Crippen molar-refractivity contribution < 1.29 is 4.79 Å². The molecule has 0 radical (unpaired) electrons. The Bertz CT molecular complexity index is 166. The zero-order chi connectivity index (χ0) is 8.69. The van der Waals surface area contributed by atoms with Gasteiger partial charge in [-0.2, -0.15) is 0 Å². The molecule has 1 atom stereocenters. The van der Waals surface area contributed by atoms with Crippen LogP contribution in [-0.2, 0) is 4.79 Å². The monoisotopic (exact) mass is 152 g/mol. The lowest BCUT2D eigenvalue weighted by atomic mass is 9.95. The molecule has 1 nitrogen and oxygen atoms in total. The molecule has 0 N–H and O–H groups in total. The minimum Gasteiger partial charge on any atom is -0.298 e. The van der Waals surface area contributed by atoms with Crippen LogP contribution in [0.3, 0.4) is 0 Å². The number of carbonyl (C=O) groups excluding carboxylic acids is 1. The molecule has 0 amide bonds. The SMILES string of the molecule is CC.C[C@@H]1CC=CC=C1C=O. The predicted molar refractivity (Wildman–Crippen MR) is 48.4 cm³/mol. The van der Waals surface area contributed by atoms with Crippen molar-refractivity contribution in [2.75, 3.05) is 0 Å². The van der Waals surface area contributed by atoms with Crippen molar-refractivity contribution >= 4 is 6.29 Å². The van der Waals surface area contributed by atoms with Gasteiger partial charge in [-0.1, -0.05) is 39.0 Å². The summed E-state index contributed by atoms with van der Waals surface area (Å²) >= 11 is 0. The van der Waals surface area contributed by atoms with Crippen LogP contribution in [0.4, 0.5) is 0 Å². The molecule has 11 heavy (non-hydrogen) atoms. The number of aldehydes is 1. The predicted octanol–water partition coefficient (Wildman–Crippen LogP) is 2.73. The Labute approximate surface area is 68.8 Å². The molecule has 0 aromatic heterocycles. The van der Waals surface area contributed by atoms with E-state index in [0.717, 1.165) is 18.3 Å². The minimum absolute atomic E-state index is 0.424. The van der Waals surface area contributed by atoms with E-state index in [9.17, 15) is 4.79 Å². The quantitative estimate of drug-likeness (QED) is 0.528. The Hall–Kier alpha value is -0.850. The van der Waals surface area contributed by atoms with Crippen molar-refractivity contribution in [1.29, 1.82) is 0 Å². The molecule has 0 aromatic carbocycles. The fraction of sp³-hybridized carbons (Fsp3) is 0.500. The van der Waals surface area contributed by atoms with E-state index < -0.39 is 0 Å². The molecule has 62 valence electrons. The van der Waals surface area contributed by atoms with Crippen molar-refractivity contribution in [2.24, 2.45) is 5.92 Å². The smallest absolute Gasteiger partial charge is 0.146 e. The summed E-state index contributed by atoms with van der Waals surface area (Å²) in [5.41, 5.74) is 0.914. The van der Waals surface area contributed by atoms with Gasteiger partial charge in [0.25, 0.3) is 0 Å². The van der Waals surface area contributed by atoms with Crippen LogP contribution in [0.15, 0.2) is 23.8 Å². The average Bonchev–Trinajstić information content (AvgIpc) is 2.09. The summed E-state index contributed by atoms with van der Waals surface area (Å²) in [5, 5.41) is 0. The van der Waals surface area contributed by atoms with Gasteiger partial charge >= 0.3 is 0 Å². The summed E-state index contributed by atoms with van der Waals surface area (Å²) in [4.78, 5) is 10.3. The molecule has 1 rings (SSSR count). The first-order valence-electron chi connectivity index (χ1n) is 4.16. The highest BCUT2D eigenvalue weighted by Gasteiger charge is 2.06. The second-order valence-corrected chi connectivity index (χ2v) is 2.35. The molecule has 0 saturated carbocycles. The third-order valence-electron chi connectivity index (χ3n) is 1.62. The fourth-order valence-corrected chi connectivity index (χ4v) is 0.918. The zero-order valence-corrected chi connectivity index (χ0v) is 7.50. The summed E-state index contributed by atoms with van der Waals surface area (Å²) in [5.74, 6) is 0.424. The molecule has 0 heterocycles. The van der Waals surface area contributed by atoms with Gasteiger partial charge in [-0.25, -0.2) is 0 Å². The minimum atomic E-state index is 0.424. The highest BCUT2D eigenvalue weighted by Crippen LogP contribution is 2.16. The van der Waals surface area contributed by atoms with Crippen LogP contribution in [0.25, 0.3) is 0 Å². The first-order chi connectivity index (χ1) is 5.34. The molecule has 0 bridgehead atoms. The van der Waals surface area contributed by atoms with Crippen LogP contribution in [0.5, 0.6) is 0 Å². The standard InChI is InChI=1S/C8H10O.C2H6/c1-7-4-2-3-5-8(7)6-9;1-2/h2-3,5-7H,4H2,1H3;1-2H3/t7-;/m1./s1. The van der Waals surface area contributed by atoms with Crippen LogP contribution in [0.1, 0.15) is 27.2 Å². The zero-order valence-electron chi connectivity index (χ0n) is 7.50. The molecule has 1 aliphatic rings. The molecule has 0 fully saturated rings. The van der Waals surface area contributed by atoms with Gasteiger partial charge in [-0.15, -0.1) is 0 Å². The van der Waals surface area contributed by atoms with Crippen molar-refractivity contribution in [3.8, 4) is 0 Å². The highest BCUT2D eigenvalue weighted by atomic mass is 16.1. The van der Waals surface area contributed by atoms with Crippen LogP contribution in [0, 0.1) is 5.92 Å². The molecule has 0 unspecified atom stereocenters. The normalized spacial score (nSPS) is 21.4. The van der Waals surface area contributed by atoms with E-state index >= 15 is 0 Å². The Kier molecular flexibility index (Phi) is 5.44. The van der Waals surface area contributed by atoms with E-state index in [2.05, 4.69) is 13.0 Å². The van der Waals surface area contributed by atoms with Gasteiger partial charge < -0.3 is 0 Å². The van der Waals surface area contributed by atoms with E-state index in [1.54, 1.807) is 0 Å². The third-order valence-corrected chi connectivity index (χ3v) is 1.62. The Morgan fingerprint density at radius 3 is 2.55 bits per heavy atom. The number of hydrogen-bond acceptors (Lipinski definition) is 1. The molecule has 1 aliphatic carbocycles. The molecule has 0 spiro atoms.